The summed E-state index contributed by atoms with van der Waals surface area (Å²) in [5.74, 6) is 1.14. The van der Waals surface area contributed by atoms with Gasteiger partial charge in [-0.05, 0) is 42.2 Å². The van der Waals surface area contributed by atoms with Crippen LogP contribution in [0.3, 0.4) is 0 Å². The van der Waals surface area contributed by atoms with Crippen LogP contribution in [0.15, 0.2) is 42.5 Å². The molecule has 0 aromatic heterocycles. The number of hydrogen-bond acceptors (Lipinski definition) is 2. The topological polar surface area (TPSA) is 29.5 Å². The van der Waals surface area contributed by atoms with E-state index in [-0.39, 0.29) is 0 Å². The summed E-state index contributed by atoms with van der Waals surface area (Å²) in [5, 5.41) is 10.1. The van der Waals surface area contributed by atoms with E-state index in [1.165, 1.54) is 11.1 Å². The lowest BCUT2D eigenvalue weighted by atomic mass is 9.78. The van der Waals surface area contributed by atoms with Gasteiger partial charge in [-0.3, -0.25) is 0 Å². The van der Waals surface area contributed by atoms with Gasteiger partial charge in [0.15, 0.2) is 0 Å². The second-order valence-electron chi connectivity index (χ2n) is 5.28. The third-order valence-electron chi connectivity index (χ3n) is 3.84. The van der Waals surface area contributed by atoms with Gasteiger partial charge >= 0.3 is 0 Å². The molecule has 0 heterocycles. The standard InChI is InChI=1S/C17H17ClO2/c1-11(19)12-6-7-17(16(18)9-12)20-10-14-8-13-4-2-3-5-15(13)14/h2-7,9,11,14,19H,8,10H2,1H3/t11-,14?/m0/s1. The van der Waals surface area contributed by atoms with Crippen LogP contribution in [0.25, 0.3) is 0 Å². The highest BCUT2D eigenvalue weighted by Gasteiger charge is 2.26. The zero-order valence-corrected chi connectivity index (χ0v) is 12.1. The van der Waals surface area contributed by atoms with Crippen LogP contribution >= 0.6 is 11.6 Å². The highest BCUT2D eigenvalue weighted by molar-refractivity contribution is 6.32. The molecule has 1 unspecified atom stereocenters. The molecule has 2 nitrogen and oxygen atoms in total. The zero-order valence-electron chi connectivity index (χ0n) is 11.3. The highest BCUT2D eigenvalue weighted by atomic mass is 35.5. The van der Waals surface area contributed by atoms with Gasteiger partial charge in [0.05, 0.1) is 17.7 Å². The number of benzene rings is 2. The largest absolute Gasteiger partial charge is 0.491 e. The van der Waals surface area contributed by atoms with E-state index in [2.05, 4.69) is 24.3 Å². The van der Waals surface area contributed by atoms with Crippen LogP contribution in [0.5, 0.6) is 5.75 Å². The van der Waals surface area contributed by atoms with Crippen molar-refractivity contribution in [2.45, 2.75) is 25.4 Å². The summed E-state index contributed by atoms with van der Waals surface area (Å²) in [6, 6.07) is 13.9. The van der Waals surface area contributed by atoms with Crippen LogP contribution in [-0.2, 0) is 6.42 Å². The molecule has 0 spiro atoms. The SMILES string of the molecule is C[C@H](O)c1ccc(OCC2Cc3ccccc32)c(Cl)c1. The van der Waals surface area contributed by atoms with Crippen LogP contribution in [0.4, 0.5) is 0 Å². The number of fused-ring (bicyclic) bond motifs is 1. The Bertz CT molecular complexity index is 622. The first kappa shape index (κ1) is 13.5. The van der Waals surface area contributed by atoms with Crippen LogP contribution in [0, 0.1) is 0 Å². The Balaban J connectivity index is 1.65. The molecule has 3 heteroatoms. The highest BCUT2D eigenvalue weighted by Crippen LogP contribution is 2.36. The fourth-order valence-electron chi connectivity index (χ4n) is 2.60. The van der Waals surface area contributed by atoms with Crippen LogP contribution in [-0.4, -0.2) is 11.7 Å². The van der Waals surface area contributed by atoms with Gasteiger partial charge in [-0.2, -0.15) is 0 Å². The van der Waals surface area contributed by atoms with E-state index in [9.17, 15) is 5.11 Å². The van der Waals surface area contributed by atoms with Crippen molar-refractivity contribution in [3.63, 3.8) is 0 Å². The molecule has 1 aliphatic rings. The van der Waals surface area contributed by atoms with E-state index >= 15 is 0 Å². The first-order chi connectivity index (χ1) is 9.65. The molecule has 0 fully saturated rings. The molecule has 2 aromatic carbocycles. The lowest BCUT2D eigenvalue weighted by Crippen LogP contribution is -2.23. The molecule has 0 aliphatic heterocycles. The van der Waals surface area contributed by atoms with E-state index in [1.54, 1.807) is 13.0 Å². The van der Waals surface area contributed by atoms with Gasteiger partial charge in [0.1, 0.15) is 5.75 Å². The van der Waals surface area contributed by atoms with E-state index in [1.807, 2.05) is 12.1 Å². The summed E-state index contributed by atoms with van der Waals surface area (Å²) in [5.41, 5.74) is 3.59. The molecular formula is C17H17ClO2. The second kappa shape index (κ2) is 5.47. The van der Waals surface area contributed by atoms with Gasteiger partial charge in [-0.1, -0.05) is 41.9 Å². The van der Waals surface area contributed by atoms with E-state index in [4.69, 9.17) is 16.3 Å². The number of halogens is 1. The second-order valence-corrected chi connectivity index (χ2v) is 5.68. The average Bonchev–Trinajstić information content (AvgIpc) is 2.41. The third kappa shape index (κ3) is 2.54. The molecule has 1 N–H and O–H groups in total. The fourth-order valence-corrected chi connectivity index (χ4v) is 2.84. The Kier molecular flexibility index (Phi) is 3.68. The molecule has 0 radical (unpaired) electrons. The quantitative estimate of drug-likeness (QED) is 0.917. The minimum absolute atomic E-state index is 0.457. The van der Waals surface area contributed by atoms with Gasteiger partial charge in [-0.15, -0.1) is 0 Å². The van der Waals surface area contributed by atoms with Crippen molar-refractivity contribution in [3.8, 4) is 5.75 Å². The fraction of sp³-hybridized carbons (Fsp3) is 0.294. The number of aliphatic hydroxyl groups excluding tert-OH is 1. The maximum Gasteiger partial charge on any atom is 0.137 e. The molecule has 104 valence electrons. The Morgan fingerprint density at radius 1 is 1.30 bits per heavy atom. The first-order valence-corrected chi connectivity index (χ1v) is 7.21. The smallest absolute Gasteiger partial charge is 0.137 e. The molecule has 1 aliphatic carbocycles. The minimum Gasteiger partial charge on any atom is -0.491 e. The van der Waals surface area contributed by atoms with Gasteiger partial charge < -0.3 is 9.84 Å². The van der Waals surface area contributed by atoms with Gasteiger partial charge in [0.25, 0.3) is 0 Å². The maximum atomic E-state index is 9.51. The molecule has 0 amide bonds. The van der Waals surface area contributed by atoms with Gasteiger partial charge in [0, 0.05) is 5.92 Å². The molecule has 0 bridgehead atoms. The summed E-state index contributed by atoms with van der Waals surface area (Å²) in [4.78, 5) is 0. The van der Waals surface area contributed by atoms with Crippen molar-refractivity contribution in [2.24, 2.45) is 0 Å². The average molecular weight is 289 g/mol. The normalized spacial score (nSPS) is 18.1. The van der Waals surface area contributed by atoms with Crippen LogP contribution in [0.2, 0.25) is 5.02 Å². The first-order valence-electron chi connectivity index (χ1n) is 6.83. The molecular weight excluding hydrogens is 272 g/mol. The summed E-state index contributed by atoms with van der Waals surface area (Å²) in [6.07, 6.45) is 0.555. The van der Waals surface area contributed by atoms with Crippen molar-refractivity contribution in [1.82, 2.24) is 0 Å². The molecule has 2 aromatic rings. The zero-order chi connectivity index (χ0) is 14.1. The lowest BCUT2D eigenvalue weighted by molar-refractivity contribution is 0.199. The number of ether oxygens (including phenoxy) is 1. The summed E-state index contributed by atoms with van der Waals surface area (Å²) in [6.45, 7) is 2.36. The Morgan fingerprint density at radius 3 is 2.80 bits per heavy atom. The van der Waals surface area contributed by atoms with E-state index in [0.29, 0.717) is 23.3 Å². The Hall–Kier alpha value is -1.51. The summed E-state index contributed by atoms with van der Waals surface area (Å²) >= 11 is 6.18. The van der Waals surface area contributed by atoms with Gasteiger partial charge in [0.2, 0.25) is 0 Å². The summed E-state index contributed by atoms with van der Waals surface area (Å²) < 4.78 is 5.82. The van der Waals surface area contributed by atoms with Crippen LogP contribution in [0.1, 0.15) is 35.6 Å². The number of hydrogen-bond donors (Lipinski definition) is 1. The number of aliphatic hydroxyl groups is 1. The lowest BCUT2D eigenvalue weighted by Gasteiger charge is -2.30. The maximum absolute atomic E-state index is 9.51. The molecule has 2 atom stereocenters. The molecule has 3 rings (SSSR count). The van der Waals surface area contributed by atoms with E-state index < -0.39 is 6.10 Å². The number of rotatable bonds is 4. The van der Waals surface area contributed by atoms with Crippen molar-refractivity contribution in [2.75, 3.05) is 6.61 Å². The van der Waals surface area contributed by atoms with Gasteiger partial charge in [-0.25, -0.2) is 0 Å². The monoisotopic (exact) mass is 288 g/mol. The summed E-state index contributed by atoms with van der Waals surface area (Å²) in [7, 11) is 0. The Morgan fingerprint density at radius 2 is 2.10 bits per heavy atom. The molecule has 0 saturated carbocycles. The van der Waals surface area contributed by atoms with Crippen LogP contribution < -0.4 is 4.74 Å². The molecule has 20 heavy (non-hydrogen) atoms. The van der Waals surface area contributed by atoms with Crippen molar-refractivity contribution in [3.05, 3.63) is 64.2 Å². The minimum atomic E-state index is -0.514. The Labute approximate surface area is 124 Å². The third-order valence-corrected chi connectivity index (χ3v) is 4.13. The van der Waals surface area contributed by atoms with Crippen molar-refractivity contribution < 1.29 is 9.84 Å². The predicted molar refractivity (Wildman–Crippen MR) is 80.5 cm³/mol. The van der Waals surface area contributed by atoms with E-state index in [0.717, 1.165) is 12.0 Å². The van der Waals surface area contributed by atoms with Crippen molar-refractivity contribution >= 4 is 11.6 Å². The van der Waals surface area contributed by atoms with Crippen molar-refractivity contribution in [1.29, 1.82) is 0 Å². The molecule has 0 saturated heterocycles. The predicted octanol–water partition coefficient (Wildman–Crippen LogP) is 4.11.